The van der Waals surface area contributed by atoms with E-state index >= 15 is 0 Å². The van der Waals surface area contributed by atoms with Gasteiger partial charge < -0.3 is 4.57 Å². The highest BCUT2D eigenvalue weighted by Gasteiger charge is 2.13. The van der Waals surface area contributed by atoms with Gasteiger partial charge >= 0.3 is 0 Å². The van der Waals surface area contributed by atoms with E-state index in [9.17, 15) is 9.59 Å². The van der Waals surface area contributed by atoms with Crippen LogP contribution in [0.15, 0.2) is 39.1 Å². The molecule has 0 aliphatic rings. The average Bonchev–Trinajstić information content (AvgIpc) is 3.00. The van der Waals surface area contributed by atoms with Gasteiger partial charge in [0.25, 0.3) is 11.5 Å². The first-order chi connectivity index (χ1) is 9.16. The molecule has 96 valence electrons. The number of carbonyl (C=O) groups is 1. The lowest BCUT2D eigenvalue weighted by Gasteiger charge is -1.96. The molecule has 6 nitrogen and oxygen atoms in total. The average molecular weight is 292 g/mol. The molecule has 0 radical (unpaired) electrons. The van der Waals surface area contributed by atoms with Crippen LogP contribution in [0.1, 0.15) is 10.4 Å². The third kappa shape index (κ3) is 2.04. The summed E-state index contributed by atoms with van der Waals surface area (Å²) in [4.78, 5) is 33.2. The van der Waals surface area contributed by atoms with E-state index in [2.05, 4.69) is 9.98 Å². The Kier molecular flexibility index (Phi) is 2.88. The Labute approximate surface area is 114 Å². The number of nitrogens with zero attached hydrogens (tertiary/aromatic N) is 4. The number of carbonyl (C=O) groups excluding carboxylic acids is 1. The minimum atomic E-state index is -0.573. The summed E-state index contributed by atoms with van der Waals surface area (Å²) < 4.78 is 3.07. The summed E-state index contributed by atoms with van der Waals surface area (Å²) in [6.07, 6.45) is 4.68. The van der Waals surface area contributed by atoms with Crippen molar-refractivity contribution in [2.75, 3.05) is 0 Å². The molecule has 8 heteroatoms. The van der Waals surface area contributed by atoms with Crippen LogP contribution >= 0.6 is 22.7 Å². The second kappa shape index (κ2) is 4.56. The lowest BCUT2D eigenvalue weighted by molar-refractivity contribution is 0.0996. The largest absolute Gasteiger partial charge is 0.327 e. The predicted octanol–water partition coefficient (Wildman–Crippen LogP) is 0.897. The molecule has 3 aromatic rings. The molecule has 0 aliphatic heterocycles. The summed E-state index contributed by atoms with van der Waals surface area (Å²) in [5, 5.41) is 3.56. The van der Waals surface area contributed by atoms with E-state index in [0.717, 1.165) is 0 Å². The molecule has 3 aromatic heterocycles. The van der Waals surface area contributed by atoms with Gasteiger partial charge in [0.15, 0.2) is 9.76 Å². The van der Waals surface area contributed by atoms with E-state index in [4.69, 9.17) is 0 Å². The number of aromatic nitrogens is 3. The van der Waals surface area contributed by atoms with Crippen molar-refractivity contribution in [3.63, 3.8) is 0 Å². The maximum absolute atomic E-state index is 12.1. The molecule has 19 heavy (non-hydrogen) atoms. The van der Waals surface area contributed by atoms with E-state index in [1.165, 1.54) is 33.3 Å². The van der Waals surface area contributed by atoms with Crippen LogP contribution < -0.4 is 10.4 Å². The third-order valence-electron chi connectivity index (χ3n) is 2.53. The fourth-order valence-electron chi connectivity index (χ4n) is 1.55. The molecule has 0 N–H and O–H groups in total. The van der Waals surface area contributed by atoms with Gasteiger partial charge in [-0.3, -0.25) is 14.0 Å². The van der Waals surface area contributed by atoms with Crippen LogP contribution in [0.25, 0.3) is 4.96 Å². The molecule has 0 atom stereocenters. The molecule has 0 fully saturated rings. The summed E-state index contributed by atoms with van der Waals surface area (Å²) in [6, 6.07) is 0. The maximum atomic E-state index is 12.1. The van der Waals surface area contributed by atoms with E-state index in [1.54, 1.807) is 29.4 Å². The number of rotatable bonds is 1. The van der Waals surface area contributed by atoms with Crippen LogP contribution in [-0.2, 0) is 7.05 Å². The van der Waals surface area contributed by atoms with E-state index in [1.807, 2.05) is 5.38 Å². The maximum Gasteiger partial charge on any atom is 0.286 e. The zero-order valence-electron chi connectivity index (χ0n) is 9.81. The quantitative estimate of drug-likeness (QED) is 0.669. The second-order valence-electron chi connectivity index (χ2n) is 3.75. The van der Waals surface area contributed by atoms with Gasteiger partial charge in [0.05, 0.1) is 0 Å². The number of amides is 1. The molecule has 3 rings (SSSR count). The number of aryl methyl sites for hydroxylation is 1. The van der Waals surface area contributed by atoms with Crippen molar-refractivity contribution in [3.05, 3.63) is 50.1 Å². The minimum Gasteiger partial charge on any atom is -0.327 e. The molecule has 0 saturated heterocycles. The van der Waals surface area contributed by atoms with Gasteiger partial charge in [-0.2, -0.15) is 4.99 Å². The second-order valence-corrected chi connectivity index (χ2v) is 5.49. The van der Waals surface area contributed by atoms with Gasteiger partial charge in [-0.25, -0.2) is 4.98 Å². The number of hydrogen-bond acceptors (Lipinski definition) is 5. The molecule has 0 spiro atoms. The first kappa shape index (κ1) is 12.0. The van der Waals surface area contributed by atoms with Crippen molar-refractivity contribution in [2.45, 2.75) is 0 Å². The fraction of sp³-hybridized carbons (Fsp3) is 0.0909. The van der Waals surface area contributed by atoms with E-state index < -0.39 is 5.91 Å². The van der Waals surface area contributed by atoms with Crippen LogP contribution in [0.5, 0.6) is 0 Å². The monoisotopic (exact) mass is 292 g/mol. The molecule has 3 heterocycles. The van der Waals surface area contributed by atoms with Crippen molar-refractivity contribution < 1.29 is 4.79 Å². The lowest BCUT2D eigenvalue weighted by atomic mass is 10.3. The van der Waals surface area contributed by atoms with Crippen LogP contribution in [0.2, 0.25) is 0 Å². The molecule has 0 aliphatic carbocycles. The van der Waals surface area contributed by atoms with Crippen molar-refractivity contribution in [1.29, 1.82) is 0 Å². The Hall–Kier alpha value is -2.06. The summed E-state index contributed by atoms with van der Waals surface area (Å²) in [5.41, 5.74) is -0.413. The van der Waals surface area contributed by atoms with Gasteiger partial charge in [-0.1, -0.05) is 0 Å². The summed E-state index contributed by atoms with van der Waals surface area (Å²) in [6.45, 7) is 0. The number of hydrogen-bond donors (Lipinski definition) is 0. The van der Waals surface area contributed by atoms with E-state index in [-0.39, 0.29) is 11.1 Å². The Balaban J connectivity index is 2.15. The Morgan fingerprint density at radius 3 is 2.84 bits per heavy atom. The Morgan fingerprint density at radius 2 is 2.11 bits per heavy atom. The normalized spacial score (nSPS) is 12.2. The fourth-order valence-corrected chi connectivity index (χ4v) is 2.96. The smallest absolute Gasteiger partial charge is 0.286 e. The van der Waals surface area contributed by atoms with Crippen LogP contribution in [0, 0.1) is 0 Å². The van der Waals surface area contributed by atoms with Gasteiger partial charge in [-0.05, 0) is 0 Å². The topological polar surface area (TPSA) is 68.7 Å². The standard InChI is InChI=1S/C11H8N4O2S2/c1-14-2-4-19-11(14)13-8(16)7-6-12-10-15(9(7)17)3-5-18-10/h2-6H,1H3. The molecule has 0 unspecified atom stereocenters. The Bertz CT molecular complexity index is 884. The van der Waals surface area contributed by atoms with Crippen molar-refractivity contribution >= 4 is 33.5 Å². The molecule has 0 aromatic carbocycles. The number of thiazole rings is 2. The van der Waals surface area contributed by atoms with Crippen molar-refractivity contribution in [3.8, 4) is 0 Å². The number of fused-ring (bicyclic) bond motifs is 1. The lowest BCUT2D eigenvalue weighted by Crippen LogP contribution is -2.22. The van der Waals surface area contributed by atoms with Crippen molar-refractivity contribution in [2.24, 2.45) is 12.0 Å². The van der Waals surface area contributed by atoms with E-state index in [0.29, 0.717) is 9.76 Å². The third-order valence-corrected chi connectivity index (χ3v) is 4.15. The SMILES string of the molecule is Cn1ccsc1=NC(=O)c1cnc2sccn2c1=O. The first-order valence-electron chi connectivity index (χ1n) is 5.31. The highest BCUT2D eigenvalue weighted by molar-refractivity contribution is 7.15. The van der Waals surface area contributed by atoms with Crippen LogP contribution in [0.3, 0.4) is 0 Å². The predicted molar refractivity (Wildman–Crippen MR) is 72.5 cm³/mol. The highest BCUT2D eigenvalue weighted by atomic mass is 32.1. The molecular formula is C11H8N4O2S2. The Morgan fingerprint density at radius 1 is 1.32 bits per heavy atom. The minimum absolute atomic E-state index is 0.0238. The van der Waals surface area contributed by atoms with Gasteiger partial charge in [0.2, 0.25) is 0 Å². The summed E-state index contributed by atoms with van der Waals surface area (Å²) in [5.74, 6) is -0.573. The van der Waals surface area contributed by atoms with Gasteiger partial charge in [-0.15, -0.1) is 22.7 Å². The van der Waals surface area contributed by atoms with Crippen LogP contribution in [0.4, 0.5) is 0 Å². The first-order valence-corrected chi connectivity index (χ1v) is 7.07. The molecular weight excluding hydrogens is 284 g/mol. The van der Waals surface area contributed by atoms with Crippen molar-refractivity contribution in [1.82, 2.24) is 14.0 Å². The summed E-state index contributed by atoms with van der Waals surface area (Å²) in [7, 11) is 1.79. The van der Waals surface area contributed by atoms with Gasteiger partial charge in [0, 0.05) is 36.4 Å². The highest BCUT2D eigenvalue weighted by Crippen LogP contribution is 2.06. The van der Waals surface area contributed by atoms with Crippen LogP contribution in [-0.4, -0.2) is 19.9 Å². The zero-order valence-corrected chi connectivity index (χ0v) is 11.4. The molecule has 1 amide bonds. The molecule has 0 bridgehead atoms. The summed E-state index contributed by atoms with van der Waals surface area (Å²) >= 11 is 2.67. The zero-order chi connectivity index (χ0) is 13.4. The molecule has 0 saturated carbocycles. The van der Waals surface area contributed by atoms with Gasteiger partial charge in [0.1, 0.15) is 5.56 Å².